The largest absolute Gasteiger partial charge is 0.395 e. The molecule has 32 heavy (non-hydrogen) atoms. The highest BCUT2D eigenvalue weighted by Crippen LogP contribution is 1.81. The number of amides is 2. The Morgan fingerprint density at radius 1 is 0.812 bits per heavy atom. The normalized spacial score (nSPS) is 9.59. The van der Waals surface area contributed by atoms with Gasteiger partial charge >= 0.3 is 0 Å². The Bertz CT molecular complexity index is 340. The summed E-state index contributed by atoms with van der Waals surface area (Å²) in [4.78, 5) is 25.2. The summed E-state index contributed by atoms with van der Waals surface area (Å²) in [5.74, 6) is 0. The SMILES string of the molecule is CN(C)CCOCCN(C)C=O.CNCCOCCN(C)C.NCCO.O=CNCCO. The van der Waals surface area contributed by atoms with Crippen molar-refractivity contribution in [3.8, 4) is 0 Å². The molecule has 0 saturated heterocycles. The van der Waals surface area contributed by atoms with Crippen molar-refractivity contribution in [1.29, 1.82) is 0 Å². The molecule has 0 aromatic carbocycles. The summed E-state index contributed by atoms with van der Waals surface area (Å²) in [6, 6.07) is 0. The maximum absolute atomic E-state index is 10.1. The van der Waals surface area contributed by atoms with Crippen molar-refractivity contribution in [3.05, 3.63) is 0 Å². The number of carbonyl (C=O) groups excluding carboxylic acids is 2. The second-order valence-corrected chi connectivity index (χ2v) is 6.83. The van der Waals surface area contributed by atoms with Crippen LogP contribution in [0.2, 0.25) is 0 Å². The molecule has 12 nitrogen and oxygen atoms in total. The molecule has 0 aliphatic heterocycles. The third kappa shape index (κ3) is 56.7. The third-order valence-electron chi connectivity index (χ3n) is 3.10. The van der Waals surface area contributed by atoms with Crippen LogP contribution in [0.3, 0.4) is 0 Å². The number of carbonyl (C=O) groups is 2. The maximum Gasteiger partial charge on any atom is 0.209 e. The predicted octanol–water partition coefficient (Wildman–Crippen LogP) is -2.90. The molecule has 2 amide bonds. The molecular formula is C20H50N6O6. The lowest BCUT2D eigenvalue weighted by molar-refractivity contribution is -0.117. The van der Waals surface area contributed by atoms with E-state index >= 15 is 0 Å². The molecule has 0 atom stereocenters. The van der Waals surface area contributed by atoms with Crippen molar-refractivity contribution in [2.75, 3.05) is 121 Å². The van der Waals surface area contributed by atoms with Crippen molar-refractivity contribution in [1.82, 2.24) is 25.3 Å². The van der Waals surface area contributed by atoms with Gasteiger partial charge in [0.25, 0.3) is 0 Å². The van der Waals surface area contributed by atoms with Gasteiger partial charge in [0.15, 0.2) is 0 Å². The van der Waals surface area contributed by atoms with Gasteiger partial charge in [0, 0.05) is 46.3 Å². The van der Waals surface area contributed by atoms with Crippen LogP contribution >= 0.6 is 0 Å². The van der Waals surface area contributed by atoms with Crippen molar-refractivity contribution in [3.63, 3.8) is 0 Å². The lowest BCUT2D eigenvalue weighted by Crippen LogP contribution is -2.24. The Morgan fingerprint density at radius 3 is 1.59 bits per heavy atom. The summed E-state index contributed by atoms with van der Waals surface area (Å²) >= 11 is 0. The fourth-order valence-electron chi connectivity index (χ4n) is 1.26. The molecule has 0 aliphatic rings. The van der Waals surface area contributed by atoms with Crippen molar-refractivity contribution >= 4 is 12.8 Å². The zero-order valence-corrected chi connectivity index (χ0v) is 21.1. The number of nitrogens with zero attached hydrogens (tertiary/aromatic N) is 3. The zero-order valence-electron chi connectivity index (χ0n) is 21.1. The van der Waals surface area contributed by atoms with E-state index in [9.17, 15) is 9.59 Å². The van der Waals surface area contributed by atoms with E-state index in [1.54, 1.807) is 11.9 Å². The molecule has 0 saturated carbocycles. The number of hydrogen-bond donors (Lipinski definition) is 5. The standard InChI is InChI=1S/C8H18N2O2.C7H18N2O.C3H7NO2.C2H7NO/c1-9(2)4-6-12-7-5-10(3)8-11;1-8-4-6-10-7-5-9(2)3;5-2-1-4-3-6;3-1-2-4/h8H,4-7H2,1-3H3;8H,4-7H2,1-3H3;3,5H,1-2H2,(H,4,6);4H,1-3H2. The Balaban J connectivity index is -0.000000176. The van der Waals surface area contributed by atoms with Crippen molar-refractivity contribution in [2.45, 2.75) is 0 Å². The Morgan fingerprint density at radius 2 is 1.28 bits per heavy atom. The van der Waals surface area contributed by atoms with Gasteiger partial charge in [-0.1, -0.05) is 0 Å². The molecule has 0 fully saturated rings. The Hall–Kier alpha value is -1.38. The van der Waals surface area contributed by atoms with Gasteiger partial charge in [-0.3, -0.25) is 9.59 Å². The van der Waals surface area contributed by atoms with Crippen molar-refractivity contribution in [2.24, 2.45) is 5.73 Å². The van der Waals surface area contributed by atoms with Gasteiger partial charge in [-0.2, -0.15) is 0 Å². The fourth-order valence-corrected chi connectivity index (χ4v) is 1.26. The van der Waals surface area contributed by atoms with Crippen molar-refractivity contribution < 1.29 is 29.3 Å². The van der Waals surface area contributed by atoms with E-state index in [1.165, 1.54) is 0 Å². The predicted molar refractivity (Wildman–Crippen MR) is 129 cm³/mol. The van der Waals surface area contributed by atoms with Gasteiger partial charge in [-0.05, 0) is 35.2 Å². The first-order valence-electron chi connectivity index (χ1n) is 10.6. The Kier molecular flexibility index (Phi) is 43.8. The topological polar surface area (TPSA) is 153 Å². The van der Waals surface area contributed by atoms with Gasteiger partial charge in [0.2, 0.25) is 12.8 Å². The minimum atomic E-state index is 0.0126. The maximum atomic E-state index is 10.1. The van der Waals surface area contributed by atoms with Gasteiger partial charge in [0.1, 0.15) is 0 Å². The molecular weight excluding hydrogens is 420 g/mol. The van der Waals surface area contributed by atoms with Gasteiger partial charge in [0.05, 0.1) is 39.6 Å². The smallest absolute Gasteiger partial charge is 0.209 e. The van der Waals surface area contributed by atoms with Crippen LogP contribution in [-0.4, -0.2) is 159 Å². The average molecular weight is 471 g/mol. The van der Waals surface area contributed by atoms with Crippen LogP contribution in [-0.2, 0) is 19.1 Å². The molecule has 0 heterocycles. The van der Waals surface area contributed by atoms with Crippen LogP contribution in [0.4, 0.5) is 0 Å². The number of rotatable bonds is 17. The fraction of sp³-hybridized carbons (Fsp3) is 0.900. The van der Waals surface area contributed by atoms with Crippen LogP contribution in [0.5, 0.6) is 0 Å². The molecule has 0 unspecified atom stereocenters. The molecule has 0 bridgehead atoms. The number of nitrogens with two attached hydrogens (primary N) is 1. The van der Waals surface area contributed by atoms with E-state index < -0.39 is 0 Å². The summed E-state index contributed by atoms with van der Waals surface area (Å²) in [5.41, 5.74) is 4.78. The molecule has 6 N–H and O–H groups in total. The van der Waals surface area contributed by atoms with Crippen LogP contribution in [0.15, 0.2) is 0 Å². The summed E-state index contributed by atoms with van der Waals surface area (Å²) in [6.45, 7) is 7.34. The number of aliphatic hydroxyl groups is 2. The number of aliphatic hydroxyl groups excluding tert-OH is 2. The monoisotopic (exact) mass is 470 g/mol. The van der Waals surface area contributed by atoms with E-state index in [0.29, 0.717) is 32.7 Å². The quantitative estimate of drug-likeness (QED) is 0.110. The first kappa shape index (κ1) is 37.9. The van der Waals surface area contributed by atoms with Gasteiger partial charge in [-0.25, -0.2) is 0 Å². The summed E-state index contributed by atoms with van der Waals surface area (Å²) in [5, 5.41) is 21.0. The van der Waals surface area contributed by atoms with Crippen LogP contribution in [0.25, 0.3) is 0 Å². The second kappa shape index (κ2) is 37.0. The van der Waals surface area contributed by atoms with Crippen LogP contribution in [0.1, 0.15) is 0 Å². The molecule has 0 radical (unpaired) electrons. The van der Waals surface area contributed by atoms with Gasteiger partial charge < -0.3 is 50.8 Å². The summed E-state index contributed by atoms with van der Waals surface area (Å²) in [6.07, 6.45) is 1.35. The van der Waals surface area contributed by atoms with E-state index in [1.807, 2.05) is 35.2 Å². The molecule has 0 aromatic rings. The second-order valence-electron chi connectivity index (χ2n) is 6.83. The third-order valence-corrected chi connectivity index (χ3v) is 3.10. The molecule has 0 aromatic heterocycles. The van der Waals surface area contributed by atoms with E-state index in [4.69, 9.17) is 25.4 Å². The highest BCUT2D eigenvalue weighted by molar-refractivity contribution is 5.46. The zero-order chi connectivity index (χ0) is 25.5. The highest BCUT2D eigenvalue weighted by Gasteiger charge is 1.93. The van der Waals surface area contributed by atoms with Crippen LogP contribution in [0, 0.1) is 0 Å². The molecule has 12 heteroatoms. The summed E-state index contributed by atoms with van der Waals surface area (Å²) < 4.78 is 10.6. The first-order valence-corrected chi connectivity index (χ1v) is 10.6. The lowest BCUT2D eigenvalue weighted by atomic mass is 10.6. The molecule has 0 rings (SSSR count). The van der Waals surface area contributed by atoms with E-state index in [-0.39, 0.29) is 13.2 Å². The number of likely N-dealkylation sites (N-methyl/N-ethyl adjacent to an activating group) is 4. The van der Waals surface area contributed by atoms with E-state index in [0.717, 1.165) is 45.9 Å². The summed E-state index contributed by atoms with van der Waals surface area (Å²) in [7, 11) is 11.8. The number of ether oxygens (including phenoxy) is 2. The molecule has 196 valence electrons. The highest BCUT2D eigenvalue weighted by atomic mass is 16.5. The van der Waals surface area contributed by atoms with Crippen LogP contribution < -0.4 is 16.4 Å². The lowest BCUT2D eigenvalue weighted by Gasteiger charge is -2.12. The van der Waals surface area contributed by atoms with Gasteiger partial charge in [-0.15, -0.1) is 0 Å². The molecule has 0 aliphatic carbocycles. The average Bonchev–Trinajstić information content (AvgIpc) is 2.77. The first-order chi connectivity index (χ1) is 15.3. The number of hydrogen-bond acceptors (Lipinski definition) is 10. The number of nitrogens with one attached hydrogen (secondary N) is 2. The Labute approximate surface area is 195 Å². The van der Waals surface area contributed by atoms with E-state index in [2.05, 4.69) is 20.4 Å². The minimum absolute atomic E-state index is 0.0126. The minimum Gasteiger partial charge on any atom is -0.395 e. The molecule has 0 spiro atoms.